The van der Waals surface area contributed by atoms with E-state index in [1.165, 1.54) is 11.1 Å². The summed E-state index contributed by atoms with van der Waals surface area (Å²) in [6.45, 7) is 8.61. The summed E-state index contributed by atoms with van der Waals surface area (Å²) in [7, 11) is -3.30. The van der Waals surface area contributed by atoms with E-state index in [0.717, 1.165) is 49.4 Å². The normalized spacial score (nSPS) is 24.6. The van der Waals surface area contributed by atoms with Crippen LogP contribution in [0.5, 0.6) is 0 Å². The van der Waals surface area contributed by atoms with Gasteiger partial charge in [-0.2, -0.15) is 0 Å². The molecule has 10 heteroatoms. The van der Waals surface area contributed by atoms with Crippen molar-refractivity contribution in [2.45, 2.75) is 70.3 Å². The van der Waals surface area contributed by atoms with E-state index in [-0.39, 0.29) is 5.60 Å². The highest BCUT2D eigenvalue weighted by molar-refractivity contribution is 7.88. The van der Waals surface area contributed by atoms with Gasteiger partial charge in [-0.25, -0.2) is 13.1 Å². The molecule has 2 atom stereocenters. The molecule has 0 bridgehead atoms. The number of ether oxygens (including phenoxy) is 1. The van der Waals surface area contributed by atoms with Gasteiger partial charge in [0, 0.05) is 35.9 Å². The van der Waals surface area contributed by atoms with Gasteiger partial charge >= 0.3 is 0 Å². The van der Waals surface area contributed by atoms with Crippen LogP contribution < -0.4 is 4.72 Å². The fourth-order valence-electron chi connectivity index (χ4n) is 5.12. The molecule has 1 aromatic heterocycles. The second kappa shape index (κ2) is 8.68. The number of benzene rings is 1. The number of sulfonamides is 1. The number of hydrogen-bond donors (Lipinski definition) is 1. The Kier molecular flexibility index (Phi) is 6.41. The van der Waals surface area contributed by atoms with E-state index >= 15 is 0 Å². The Morgan fingerprint density at radius 1 is 1.38 bits per heavy atom. The number of fused-ring (bicyclic) bond motifs is 2. The van der Waals surface area contributed by atoms with Gasteiger partial charge in [-0.1, -0.05) is 22.9 Å². The van der Waals surface area contributed by atoms with Crippen LogP contribution in [0.4, 0.5) is 0 Å². The summed E-state index contributed by atoms with van der Waals surface area (Å²) in [4.78, 5) is 2.40. The van der Waals surface area contributed by atoms with Gasteiger partial charge in [0.1, 0.15) is 0 Å². The maximum atomic E-state index is 11.6. The van der Waals surface area contributed by atoms with Crippen molar-refractivity contribution < 1.29 is 13.2 Å². The summed E-state index contributed by atoms with van der Waals surface area (Å²) in [5.74, 6) is 0. The summed E-state index contributed by atoms with van der Waals surface area (Å²) >= 11 is 6.31. The molecular formula is C22H32ClN5O3S. The zero-order valence-corrected chi connectivity index (χ0v) is 20.7. The molecule has 2 aliphatic rings. The lowest BCUT2D eigenvalue weighted by atomic mass is 9.77. The van der Waals surface area contributed by atoms with Crippen molar-refractivity contribution in [2.24, 2.45) is 0 Å². The largest absolute Gasteiger partial charge is 0.370 e. The van der Waals surface area contributed by atoms with E-state index in [1.807, 2.05) is 26.1 Å². The molecule has 32 heavy (non-hydrogen) atoms. The van der Waals surface area contributed by atoms with Crippen LogP contribution in [0.2, 0.25) is 5.02 Å². The van der Waals surface area contributed by atoms with Crippen molar-refractivity contribution in [3.63, 3.8) is 0 Å². The first kappa shape index (κ1) is 23.6. The van der Waals surface area contributed by atoms with Crippen molar-refractivity contribution in [3.8, 4) is 0 Å². The van der Waals surface area contributed by atoms with Gasteiger partial charge in [0.2, 0.25) is 10.0 Å². The summed E-state index contributed by atoms with van der Waals surface area (Å²) in [6.07, 6.45) is 5.80. The highest BCUT2D eigenvalue weighted by Gasteiger charge is 2.43. The van der Waals surface area contributed by atoms with Gasteiger partial charge in [0.05, 0.1) is 30.7 Å². The molecule has 176 valence electrons. The van der Waals surface area contributed by atoms with Crippen LogP contribution in [0, 0.1) is 0 Å². The number of halogens is 1. The van der Waals surface area contributed by atoms with Crippen molar-refractivity contribution in [1.82, 2.24) is 24.6 Å². The predicted molar refractivity (Wildman–Crippen MR) is 124 cm³/mol. The lowest BCUT2D eigenvalue weighted by molar-refractivity contribution is -0.113. The number of aromatic nitrogens is 3. The van der Waals surface area contributed by atoms with Crippen molar-refractivity contribution in [3.05, 3.63) is 46.2 Å². The monoisotopic (exact) mass is 481 g/mol. The van der Waals surface area contributed by atoms with E-state index in [0.29, 0.717) is 19.1 Å². The Hall–Kier alpha value is -1.52. The molecule has 1 aromatic carbocycles. The summed E-state index contributed by atoms with van der Waals surface area (Å²) in [5.41, 5.74) is 2.53. The van der Waals surface area contributed by atoms with E-state index in [1.54, 1.807) is 4.68 Å². The second-order valence-corrected chi connectivity index (χ2v) is 12.0. The van der Waals surface area contributed by atoms with Crippen LogP contribution in [0.25, 0.3) is 0 Å². The Balaban J connectivity index is 1.42. The number of piperidine rings is 1. The van der Waals surface area contributed by atoms with Gasteiger partial charge in [-0.3, -0.25) is 9.58 Å². The predicted octanol–water partition coefficient (Wildman–Crippen LogP) is 2.71. The molecule has 1 saturated heterocycles. The number of nitrogens with zero attached hydrogens (tertiary/aromatic N) is 4. The Bertz CT molecular complexity index is 1090. The molecule has 1 N–H and O–H groups in total. The number of likely N-dealkylation sites (tertiary alicyclic amines) is 1. The van der Waals surface area contributed by atoms with Crippen molar-refractivity contribution in [2.75, 3.05) is 19.4 Å². The quantitative estimate of drug-likeness (QED) is 0.682. The molecule has 3 heterocycles. The summed E-state index contributed by atoms with van der Waals surface area (Å²) in [6, 6.07) is 6.49. The van der Waals surface area contributed by atoms with Gasteiger partial charge < -0.3 is 4.74 Å². The van der Waals surface area contributed by atoms with Crippen molar-refractivity contribution >= 4 is 21.6 Å². The third-order valence-electron chi connectivity index (χ3n) is 6.33. The summed E-state index contributed by atoms with van der Waals surface area (Å²) in [5, 5.41) is 9.29. The fourth-order valence-corrected chi connectivity index (χ4v) is 6.36. The van der Waals surface area contributed by atoms with Crippen molar-refractivity contribution in [1.29, 1.82) is 0 Å². The molecule has 4 rings (SSSR count). The van der Waals surface area contributed by atoms with E-state index in [4.69, 9.17) is 16.3 Å². The minimum absolute atomic E-state index is 0.270. The first-order chi connectivity index (χ1) is 14.9. The smallest absolute Gasteiger partial charge is 0.209 e. The van der Waals surface area contributed by atoms with Crippen LogP contribution in [-0.2, 0) is 39.9 Å². The third-order valence-corrected chi connectivity index (χ3v) is 7.49. The Labute approximate surface area is 195 Å². The molecule has 0 amide bonds. The van der Waals surface area contributed by atoms with Gasteiger partial charge in [0.15, 0.2) is 0 Å². The highest BCUT2D eigenvalue weighted by Crippen LogP contribution is 2.44. The Morgan fingerprint density at radius 2 is 2.16 bits per heavy atom. The fraction of sp³-hybridized carbons (Fsp3) is 0.636. The highest BCUT2D eigenvalue weighted by atomic mass is 35.5. The first-order valence-electron chi connectivity index (χ1n) is 11.0. The number of rotatable bonds is 6. The molecule has 0 saturated carbocycles. The summed E-state index contributed by atoms with van der Waals surface area (Å²) < 4.78 is 33.9. The Morgan fingerprint density at radius 3 is 2.88 bits per heavy atom. The first-order valence-corrected chi connectivity index (χ1v) is 13.3. The minimum Gasteiger partial charge on any atom is -0.370 e. The number of hydrogen-bond acceptors (Lipinski definition) is 6. The molecule has 0 unspecified atom stereocenters. The maximum absolute atomic E-state index is 11.6. The van der Waals surface area contributed by atoms with Gasteiger partial charge in [0.25, 0.3) is 0 Å². The maximum Gasteiger partial charge on any atom is 0.209 e. The standard InChI is InChI=1S/C22H32ClN5O3S/c1-16-12-22(20-11-18(23)6-5-17(20)7-10-31-22)8-9-27(16)13-19-14-28(26-24-19)15-21(2,3)25-32(4,29)30/h5-6,11,14,16,25H,7-10,12-13,15H2,1-4H3/t16-,22+/m0/s1. The van der Waals surface area contributed by atoms with Crippen LogP contribution in [0.3, 0.4) is 0 Å². The topological polar surface area (TPSA) is 89.3 Å². The molecule has 0 radical (unpaired) electrons. The van der Waals surface area contributed by atoms with Gasteiger partial charge in [-0.05, 0) is 63.3 Å². The zero-order valence-electron chi connectivity index (χ0n) is 19.1. The molecule has 1 fully saturated rings. The molecule has 2 aromatic rings. The third kappa shape index (κ3) is 5.34. The van der Waals surface area contributed by atoms with E-state index < -0.39 is 15.6 Å². The minimum atomic E-state index is -3.30. The lowest BCUT2D eigenvalue weighted by Crippen LogP contribution is -2.50. The molecular weight excluding hydrogens is 450 g/mol. The molecule has 8 nitrogen and oxygen atoms in total. The zero-order chi connectivity index (χ0) is 23.1. The van der Waals surface area contributed by atoms with E-state index in [9.17, 15) is 8.42 Å². The van der Waals surface area contributed by atoms with E-state index in [2.05, 4.69) is 39.0 Å². The van der Waals surface area contributed by atoms with Crippen LogP contribution in [0.1, 0.15) is 50.4 Å². The molecule has 0 aliphatic carbocycles. The SMILES string of the molecule is C[C@H]1C[C@@]2(CCN1Cc1cn(CC(C)(C)NS(C)(=O)=O)nn1)OCCc1ccc(Cl)cc12. The van der Waals surface area contributed by atoms with Crippen LogP contribution >= 0.6 is 11.6 Å². The molecule has 1 spiro atoms. The second-order valence-electron chi connectivity index (χ2n) is 9.83. The molecule has 2 aliphatic heterocycles. The van der Waals surface area contributed by atoms with Crippen LogP contribution in [0.15, 0.2) is 24.4 Å². The van der Waals surface area contributed by atoms with Gasteiger partial charge in [-0.15, -0.1) is 5.10 Å². The number of nitrogens with one attached hydrogen (secondary N) is 1. The lowest BCUT2D eigenvalue weighted by Gasteiger charge is -2.48. The average Bonchev–Trinajstić information content (AvgIpc) is 3.09. The van der Waals surface area contributed by atoms with Crippen LogP contribution in [-0.4, -0.2) is 59.3 Å². The average molecular weight is 482 g/mol.